The van der Waals surface area contributed by atoms with Gasteiger partial charge in [0.15, 0.2) is 6.10 Å². The number of carboxylic acid groups (broad SMARTS) is 1. The molecule has 5 heteroatoms. The lowest BCUT2D eigenvalue weighted by atomic mass is 10.1. The number of benzene rings is 3. The fourth-order valence-electron chi connectivity index (χ4n) is 2.68. The van der Waals surface area contributed by atoms with Gasteiger partial charge in [0.25, 0.3) is 0 Å². The maximum Gasteiger partial charge on any atom is 0.345 e. The van der Waals surface area contributed by atoms with E-state index >= 15 is 0 Å². The molecule has 0 radical (unpaired) electrons. The Morgan fingerprint density at radius 3 is 2.56 bits per heavy atom. The lowest BCUT2D eigenvalue weighted by Gasteiger charge is -2.17. The summed E-state index contributed by atoms with van der Waals surface area (Å²) in [6, 6.07) is 18.5. The number of aliphatic carboxylic acids is 1. The normalized spacial score (nSPS) is 11.9. The van der Waals surface area contributed by atoms with Crippen LogP contribution in [-0.2, 0) is 11.2 Å². The minimum absolute atomic E-state index is 0.197. The van der Waals surface area contributed by atoms with Gasteiger partial charge in [0.1, 0.15) is 11.5 Å². The number of carboxylic acids is 1. The van der Waals surface area contributed by atoms with Gasteiger partial charge in [0, 0.05) is 11.8 Å². The van der Waals surface area contributed by atoms with Gasteiger partial charge >= 0.3 is 5.97 Å². The number of rotatable bonds is 6. The van der Waals surface area contributed by atoms with Crippen LogP contribution in [0.15, 0.2) is 60.7 Å². The second kappa shape index (κ2) is 7.45. The van der Waals surface area contributed by atoms with Crippen LogP contribution in [0.5, 0.6) is 11.5 Å². The Labute approximate surface area is 150 Å². The van der Waals surface area contributed by atoms with Crippen LogP contribution in [0.1, 0.15) is 5.56 Å². The Bertz CT molecular complexity index is 902. The number of halogens is 1. The van der Waals surface area contributed by atoms with Crippen molar-refractivity contribution in [1.82, 2.24) is 0 Å². The van der Waals surface area contributed by atoms with Crippen molar-refractivity contribution in [2.75, 3.05) is 7.11 Å². The molecule has 0 aromatic heterocycles. The third-order valence-corrected chi connectivity index (χ3v) is 4.23. The fraction of sp³-hybridized carbons (Fsp3) is 0.150. The lowest BCUT2D eigenvalue weighted by Crippen LogP contribution is -2.29. The van der Waals surface area contributed by atoms with Gasteiger partial charge < -0.3 is 14.6 Å². The van der Waals surface area contributed by atoms with Crippen LogP contribution in [0.2, 0.25) is 5.02 Å². The largest absolute Gasteiger partial charge is 0.495 e. The average Bonchev–Trinajstić information content (AvgIpc) is 2.61. The van der Waals surface area contributed by atoms with Gasteiger partial charge in [-0.2, -0.15) is 0 Å². The number of methoxy groups -OCH3 is 1. The first-order chi connectivity index (χ1) is 12.1. The summed E-state index contributed by atoms with van der Waals surface area (Å²) >= 11 is 6.12. The van der Waals surface area contributed by atoms with Gasteiger partial charge in [-0.25, -0.2) is 4.79 Å². The molecule has 25 heavy (non-hydrogen) atoms. The highest BCUT2D eigenvalue weighted by Crippen LogP contribution is 2.28. The molecule has 0 aliphatic heterocycles. The van der Waals surface area contributed by atoms with Gasteiger partial charge in [0.05, 0.1) is 12.1 Å². The maximum absolute atomic E-state index is 11.7. The van der Waals surface area contributed by atoms with Crippen LogP contribution in [0.3, 0.4) is 0 Å². The quantitative estimate of drug-likeness (QED) is 0.702. The smallest absolute Gasteiger partial charge is 0.345 e. The molecule has 0 fully saturated rings. The minimum Gasteiger partial charge on any atom is -0.495 e. The van der Waals surface area contributed by atoms with Crippen molar-refractivity contribution in [3.05, 3.63) is 71.2 Å². The van der Waals surface area contributed by atoms with E-state index in [0.717, 1.165) is 16.3 Å². The van der Waals surface area contributed by atoms with E-state index in [1.54, 1.807) is 24.3 Å². The number of fused-ring (bicyclic) bond motifs is 1. The summed E-state index contributed by atoms with van der Waals surface area (Å²) in [4.78, 5) is 11.7. The lowest BCUT2D eigenvalue weighted by molar-refractivity contribution is -0.144. The van der Waals surface area contributed by atoms with Crippen LogP contribution in [0, 0.1) is 0 Å². The van der Waals surface area contributed by atoms with E-state index in [1.165, 1.54) is 7.11 Å². The summed E-state index contributed by atoms with van der Waals surface area (Å²) in [5.41, 5.74) is 0.762. The van der Waals surface area contributed by atoms with E-state index in [0.29, 0.717) is 16.5 Å². The van der Waals surface area contributed by atoms with Gasteiger partial charge in [-0.05, 0) is 29.1 Å². The van der Waals surface area contributed by atoms with Crippen molar-refractivity contribution >= 4 is 28.3 Å². The van der Waals surface area contributed by atoms with Crippen molar-refractivity contribution in [3.8, 4) is 11.5 Å². The third-order valence-electron chi connectivity index (χ3n) is 3.93. The Balaban J connectivity index is 1.86. The molecule has 0 bridgehead atoms. The molecular weight excluding hydrogens is 340 g/mol. The standard InChI is InChI=1S/C20H17ClO4/c1-24-18-10-9-13(11-16(18)21)12-19(20(22)23)25-17-8-4-6-14-5-2-3-7-15(14)17/h2-11,19H,12H2,1H3,(H,22,23)/t19-/m0/s1. The Hall–Kier alpha value is -2.72. The molecule has 0 aliphatic rings. The van der Waals surface area contributed by atoms with Crippen LogP contribution >= 0.6 is 11.6 Å². The van der Waals surface area contributed by atoms with Crippen molar-refractivity contribution in [2.45, 2.75) is 12.5 Å². The molecule has 0 unspecified atom stereocenters. The van der Waals surface area contributed by atoms with Gasteiger partial charge in [-0.3, -0.25) is 0 Å². The first-order valence-corrected chi connectivity index (χ1v) is 8.16. The van der Waals surface area contributed by atoms with Crippen molar-refractivity contribution in [1.29, 1.82) is 0 Å². The van der Waals surface area contributed by atoms with Crippen molar-refractivity contribution in [2.24, 2.45) is 0 Å². The van der Waals surface area contributed by atoms with Gasteiger partial charge in [-0.15, -0.1) is 0 Å². The second-order valence-corrected chi connectivity index (χ2v) is 6.00. The number of ether oxygens (including phenoxy) is 2. The first kappa shape index (κ1) is 17.1. The molecule has 1 atom stereocenters. The molecule has 0 spiro atoms. The summed E-state index contributed by atoms with van der Waals surface area (Å²) in [5.74, 6) is 0.0669. The summed E-state index contributed by atoms with van der Waals surface area (Å²) in [6.45, 7) is 0. The number of hydrogen-bond donors (Lipinski definition) is 1. The number of carbonyl (C=O) groups is 1. The fourth-order valence-corrected chi connectivity index (χ4v) is 2.96. The average molecular weight is 357 g/mol. The molecule has 4 nitrogen and oxygen atoms in total. The van der Waals surface area contributed by atoms with E-state index in [-0.39, 0.29) is 6.42 Å². The molecule has 0 saturated carbocycles. The minimum atomic E-state index is -1.03. The first-order valence-electron chi connectivity index (χ1n) is 7.78. The SMILES string of the molecule is COc1ccc(C[C@H](Oc2cccc3ccccc23)C(=O)O)cc1Cl. The highest BCUT2D eigenvalue weighted by Gasteiger charge is 2.21. The molecule has 0 amide bonds. The maximum atomic E-state index is 11.7. The topological polar surface area (TPSA) is 55.8 Å². The molecule has 0 saturated heterocycles. The molecule has 3 aromatic carbocycles. The monoisotopic (exact) mass is 356 g/mol. The molecule has 3 aromatic rings. The molecule has 0 heterocycles. The van der Waals surface area contributed by atoms with E-state index in [2.05, 4.69) is 0 Å². The van der Waals surface area contributed by atoms with E-state index in [1.807, 2.05) is 36.4 Å². The highest BCUT2D eigenvalue weighted by atomic mass is 35.5. The predicted octanol–water partition coefficient (Wildman–Crippen LogP) is 4.58. The zero-order valence-corrected chi connectivity index (χ0v) is 14.4. The van der Waals surface area contributed by atoms with Gasteiger partial charge in [0.2, 0.25) is 0 Å². The predicted molar refractivity (Wildman–Crippen MR) is 97.7 cm³/mol. The van der Waals surface area contributed by atoms with Crippen LogP contribution in [-0.4, -0.2) is 24.3 Å². The van der Waals surface area contributed by atoms with Crippen molar-refractivity contribution < 1.29 is 19.4 Å². The van der Waals surface area contributed by atoms with E-state index in [4.69, 9.17) is 21.1 Å². The molecular formula is C20H17ClO4. The molecule has 0 aliphatic carbocycles. The second-order valence-electron chi connectivity index (χ2n) is 5.60. The molecule has 1 N–H and O–H groups in total. The van der Waals surface area contributed by atoms with Crippen molar-refractivity contribution in [3.63, 3.8) is 0 Å². The zero-order chi connectivity index (χ0) is 17.8. The Morgan fingerprint density at radius 1 is 1.08 bits per heavy atom. The highest BCUT2D eigenvalue weighted by molar-refractivity contribution is 6.32. The zero-order valence-electron chi connectivity index (χ0n) is 13.6. The third kappa shape index (κ3) is 3.86. The summed E-state index contributed by atoms with van der Waals surface area (Å²) in [7, 11) is 1.53. The Morgan fingerprint density at radius 2 is 1.84 bits per heavy atom. The summed E-state index contributed by atoms with van der Waals surface area (Å²) < 4.78 is 10.9. The van der Waals surface area contributed by atoms with E-state index in [9.17, 15) is 9.90 Å². The number of hydrogen-bond acceptors (Lipinski definition) is 3. The van der Waals surface area contributed by atoms with Crippen LogP contribution in [0.4, 0.5) is 0 Å². The Kier molecular flexibility index (Phi) is 5.10. The van der Waals surface area contributed by atoms with Crippen LogP contribution < -0.4 is 9.47 Å². The summed E-state index contributed by atoms with van der Waals surface area (Å²) in [5, 5.41) is 11.9. The molecule has 128 valence electrons. The van der Waals surface area contributed by atoms with Gasteiger partial charge in [-0.1, -0.05) is 54.1 Å². The van der Waals surface area contributed by atoms with Crippen LogP contribution in [0.25, 0.3) is 10.8 Å². The van der Waals surface area contributed by atoms with E-state index < -0.39 is 12.1 Å². The summed E-state index contributed by atoms with van der Waals surface area (Å²) in [6.07, 6.45) is -0.822. The molecule has 3 rings (SSSR count).